The summed E-state index contributed by atoms with van der Waals surface area (Å²) >= 11 is 0. The Kier molecular flexibility index (Phi) is 5.29. The highest BCUT2D eigenvalue weighted by molar-refractivity contribution is 7.84. The summed E-state index contributed by atoms with van der Waals surface area (Å²) in [5, 5.41) is 8.37. The second kappa shape index (κ2) is 7.69. The van der Waals surface area contributed by atoms with Crippen LogP contribution in [0.3, 0.4) is 0 Å². The van der Waals surface area contributed by atoms with Crippen molar-refractivity contribution in [3.05, 3.63) is 12.2 Å². The van der Waals surface area contributed by atoms with Gasteiger partial charge in [0.05, 0.1) is 6.61 Å². The molecule has 2 atom stereocenters. The van der Waals surface area contributed by atoms with Gasteiger partial charge in [0.25, 0.3) is 0 Å². The van der Waals surface area contributed by atoms with Crippen LogP contribution in [0.4, 0.5) is 5.82 Å². The van der Waals surface area contributed by atoms with Crippen molar-refractivity contribution in [2.75, 3.05) is 11.9 Å². The van der Waals surface area contributed by atoms with Gasteiger partial charge < -0.3 is 10.3 Å². The number of aromatic nitrogens is 4. The van der Waals surface area contributed by atoms with Crippen molar-refractivity contribution in [2.24, 2.45) is 11.1 Å². The average molecular weight is 395 g/mol. The maximum atomic E-state index is 11.0. The topological polar surface area (TPSA) is 136 Å². The number of rotatable bonds is 6. The molecule has 10 heteroatoms. The van der Waals surface area contributed by atoms with E-state index >= 15 is 0 Å². The SMILES string of the molecule is NS(=O)(=O)OC[C@H]1CC[C@H](Nc2ncnc3nc(C4CCCCC4)[nH]c23)C1. The van der Waals surface area contributed by atoms with E-state index in [2.05, 4.69) is 20.3 Å². The molecule has 0 aliphatic heterocycles. The Morgan fingerprint density at radius 2 is 2.00 bits per heavy atom. The fraction of sp³-hybridized carbons (Fsp3) is 0.706. The summed E-state index contributed by atoms with van der Waals surface area (Å²) in [5.41, 5.74) is 1.54. The van der Waals surface area contributed by atoms with E-state index in [0.29, 0.717) is 11.6 Å². The quantitative estimate of drug-likeness (QED) is 0.683. The standard InChI is InChI=1S/C17H26N6O3S/c18-27(24,25)26-9-11-6-7-13(8-11)21-16-14-17(20-10-19-16)23-15(22-14)12-4-2-1-3-5-12/h10-13H,1-9H2,(H2,18,24,25)(H2,19,20,21,22,23)/t11-,13-/m0/s1. The van der Waals surface area contributed by atoms with E-state index in [1.165, 1.54) is 38.4 Å². The maximum absolute atomic E-state index is 11.0. The molecule has 0 saturated heterocycles. The number of nitrogens with zero attached hydrogens (tertiary/aromatic N) is 3. The molecular formula is C17H26N6O3S. The number of fused-ring (bicyclic) bond motifs is 1. The molecular weight excluding hydrogens is 368 g/mol. The van der Waals surface area contributed by atoms with Gasteiger partial charge >= 0.3 is 10.3 Å². The van der Waals surface area contributed by atoms with Crippen LogP contribution in [-0.4, -0.2) is 41.0 Å². The highest BCUT2D eigenvalue weighted by Gasteiger charge is 2.27. The van der Waals surface area contributed by atoms with E-state index in [1.807, 2.05) is 0 Å². The summed E-state index contributed by atoms with van der Waals surface area (Å²) in [6.07, 6.45) is 10.3. The summed E-state index contributed by atoms with van der Waals surface area (Å²) in [5.74, 6) is 2.41. The molecule has 0 amide bonds. The number of aromatic amines is 1. The molecule has 0 bridgehead atoms. The van der Waals surface area contributed by atoms with Crippen LogP contribution in [0.1, 0.15) is 63.1 Å². The normalized spacial score (nSPS) is 24.5. The van der Waals surface area contributed by atoms with Gasteiger partial charge in [-0.3, -0.25) is 4.18 Å². The predicted molar refractivity (Wildman–Crippen MR) is 101 cm³/mol. The van der Waals surface area contributed by atoms with E-state index in [1.54, 1.807) is 0 Å². The lowest BCUT2D eigenvalue weighted by Crippen LogP contribution is -2.21. The Bertz CT molecular complexity index is 893. The molecule has 0 radical (unpaired) electrons. The minimum Gasteiger partial charge on any atom is -0.365 e. The minimum atomic E-state index is -3.88. The maximum Gasteiger partial charge on any atom is 0.333 e. The van der Waals surface area contributed by atoms with E-state index in [-0.39, 0.29) is 18.6 Å². The number of nitrogens with two attached hydrogens (primary N) is 1. The van der Waals surface area contributed by atoms with Crippen molar-refractivity contribution in [1.82, 2.24) is 19.9 Å². The highest BCUT2D eigenvalue weighted by atomic mass is 32.2. The summed E-state index contributed by atoms with van der Waals surface area (Å²) in [4.78, 5) is 16.8. The third-order valence-corrected chi connectivity index (χ3v) is 6.11. The second-order valence-electron chi connectivity index (χ2n) is 7.68. The zero-order chi connectivity index (χ0) is 18.9. The van der Waals surface area contributed by atoms with Crippen molar-refractivity contribution in [3.8, 4) is 0 Å². The summed E-state index contributed by atoms with van der Waals surface area (Å²) in [7, 11) is -3.88. The van der Waals surface area contributed by atoms with Gasteiger partial charge in [0, 0.05) is 12.0 Å². The number of imidazole rings is 1. The number of nitrogens with one attached hydrogen (secondary N) is 2. The first-order valence-corrected chi connectivity index (χ1v) is 11.1. The number of anilines is 1. The molecule has 0 unspecified atom stereocenters. The van der Waals surface area contributed by atoms with Crippen LogP contribution in [0.25, 0.3) is 11.2 Å². The van der Waals surface area contributed by atoms with Gasteiger partial charge in [-0.2, -0.15) is 8.42 Å². The molecule has 2 aliphatic carbocycles. The van der Waals surface area contributed by atoms with Crippen LogP contribution in [0.5, 0.6) is 0 Å². The number of hydrogen-bond acceptors (Lipinski definition) is 7. The monoisotopic (exact) mass is 394 g/mol. The summed E-state index contributed by atoms with van der Waals surface area (Å²) in [6.45, 7) is 0.131. The molecule has 0 aromatic carbocycles. The zero-order valence-corrected chi connectivity index (χ0v) is 16.0. The molecule has 27 heavy (non-hydrogen) atoms. The van der Waals surface area contributed by atoms with Crippen LogP contribution in [0, 0.1) is 5.92 Å². The van der Waals surface area contributed by atoms with Crippen molar-refractivity contribution < 1.29 is 12.6 Å². The third kappa shape index (κ3) is 4.56. The Balaban J connectivity index is 1.44. The molecule has 2 aromatic rings. The van der Waals surface area contributed by atoms with Gasteiger partial charge in [0.15, 0.2) is 11.5 Å². The lowest BCUT2D eigenvalue weighted by Gasteiger charge is -2.19. The summed E-state index contributed by atoms with van der Waals surface area (Å²) < 4.78 is 26.6. The molecule has 0 spiro atoms. The largest absolute Gasteiger partial charge is 0.365 e. The van der Waals surface area contributed by atoms with Gasteiger partial charge in [0.1, 0.15) is 17.7 Å². The molecule has 2 aliphatic rings. The van der Waals surface area contributed by atoms with Gasteiger partial charge in [-0.25, -0.2) is 20.1 Å². The zero-order valence-electron chi connectivity index (χ0n) is 15.2. The van der Waals surface area contributed by atoms with Crippen LogP contribution < -0.4 is 10.5 Å². The Morgan fingerprint density at radius 3 is 2.78 bits per heavy atom. The van der Waals surface area contributed by atoms with E-state index in [4.69, 9.17) is 14.3 Å². The minimum absolute atomic E-state index is 0.131. The van der Waals surface area contributed by atoms with E-state index in [9.17, 15) is 8.42 Å². The lowest BCUT2D eigenvalue weighted by atomic mass is 9.89. The Labute approximate surface area is 158 Å². The molecule has 4 N–H and O–H groups in total. The van der Waals surface area contributed by atoms with Gasteiger partial charge in [-0.1, -0.05) is 19.3 Å². The summed E-state index contributed by atoms with van der Waals surface area (Å²) in [6, 6.07) is 0.207. The first-order chi connectivity index (χ1) is 13.0. The second-order valence-corrected chi connectivity index (χ2v) is 8.90. The predicted octanol–water partition coefficient (Wildman–Crippen LogP) is 2.20. The van der Waals surface area contributed by atoms with E-state index < -0.39 is 10.3 Å². The van der Waals surface area contributed by atoms with Gasteiger partial charge in [0.2, 0.25) is 0 Å². The van der Waals surface area contributed by atoms with Crippen molar-refractivity contribution in [3.63, 3.8) is 0 Å². The molecule has 2 fully saturated rings. The highest BCUT2D eigenvalue weighted by Crippen LogP contribution is 2.33. The smallest absolute Gasteiger partial charge is 0.333 e. The Hall–Kier alpha value is -1.78. The fourth-order valence-corrected chi connectivity index (χ4v) is 4.65. The van der Waals surface area contributed by atoms with Crippen LogP contribution in [-0.2, 0) is 14.5 Å². The van der Waals surface area contributed by atoms with Crippen LogP contribution in [0.2, 0.25) is 0 Å². The van der Waals surface area contributed by atoms with Crippen LogP contribution >= 0.6 is 0 Å². The van der Waals surface area contributed by atoms with Crippen molar-refractivity contribution >= 4 is 27.3 Å². The number of H-pyrrole nitrogens is 1. The van der Waals surface area contributed by atoms with Crippen molar-refractivity contribution in [2.45, 2.75) is 63.3 Å². The average Bonchev–Trinajstić information content (AvgIpc) is 3.27. The molecule has 9 nitrogen and oxygen atoms in total. The number of hydrogen-bond donors (Lipinski definition) is 3. The first kappa shape index (κ1) is 18.6. The van der Waals surface area contributed by atoms with Gasteiger partial charge in [-0.15, -0.1) is 0 Å². The molecule has 2 saturated carbocycles. The molecule has 148 valence electrons. The molecule has 2 heterocycles. The molecule has 2 aromatic heterocycles. The lowest BCUT2D eigenvalue weighted by molar-refractivity contribution is 0.256. The third-order valence-electron chi connectivity index (χ3n) is 5.65. The van der Waals surface area contributed by atoms with Crippen LogP contribution in [0.15, 0.2) is 6.33 Å². The van der Waals surface area contributed by atoms with Gasteiger partial charge in [-0.05, 0) is 38.0 Å². The Morgan fingerprint density at radius 1 is 1.19 bits per heavy atom. The molecule has 4 rings (SSSR count). The fourth-order valence-electron chi connectivity index (χ4n) is 4.27. The first-order valence-electron chi connectivity index (χ1n) is 9.62. The van der Waals surface area contributed by atoms with Crippen molar-refractivity contribution in [1.29, 1.82) is 0 Å². The van der Waals surface area contributed by atoms with E-state index in [0.717, 1.165) is 36.4 Å².